The maximum absolute atomic E-state index is 13.1. The number of pyridine rings is 1. The largest absolute Gasteiger partial charge is 0.489 e. The molecule has 6 rings (SSSR count). The first kappa shape index (κ1) is 37.6. The molecule has 1 amide bonds. The summed E-state index contributed by atoms with van der Waals surface area (Å²) in [5.41, 5.74) is 9.28. The lowest BCUT2D eigenvalue weighted by Crippen LogP contribution is -2.47. The second-order valence-corrected chi connectivity index (χ2v) is 13.7. The SMILES string of the molecule is Cc1cc(C=CC(=O)N2CCN(Cc3ccc(COc4ccc(C(C)C)cc4)cc3)CC2)cc(C)c1Oc1ccc(OCc2cscn2)cn1.Cl. The summed E-state index contributed by atoms with van der Waals surface area (Å²) < 4.78 is 17.9. The lowest BCUT2D eigenvalue weighted by atomic mass is 10.0. The van der Waals surface area contributed by atoms with E-state index < -0.39 is 0 Å². The Balaban J connectivity index is 0.00000504. The van der Waals surface area contributed by atoms with Gasteiger partial charge in [-0.25, -0.2) is 9.97 Å². The van der Waals surface area contributed by atoms with E-state index in [1.54, 1.807) is 35.2 Å². The number of hydrogen-bond acceptors (Lipinski definition) is 8. The molecule has 8 nitrogen and oxygen atoms in total. The van der Waals surface area contributed by atoms with E-state index in [4.69, 9.17) is 14.2 Å². The first-order valence-corrected chi connectivity index (χ1v) is 18.0. The molecule has 266 valence electrons. The summed E-state index contributed by atoms with van der Waals surface area (Å²) >= 11 is 1.54. The molecule has 0 radical (unpaired) electrons. The van der Waals surface area contributed by atoms with Crippen LogP contribution in [0.1, 0.15) is 58.8 Å². The number of aryl methyl sites for hydroxylation is 2. The zero-order valence-corrected chi connectivity index (χ0v) is 31.2. The third kappa shape index (κ3) is 10.7. The average molecular weight is 725 g/mol. The van der Waals surface area contributed by atoms with Crippen molar-refractivity contribution in [3.63, 3.8) is 0 Å². The number of thiazole rings is 1. The van der Waals surface area contributed by atoms with Gasteiger partial charge >= 0.3 is 0 Å². The molecule has 2 aromatic heterocycles. The Morgan fingerprint density at radius 3 is 2.14 bits per heavy atom. The normalized spacial score (nSPS) is 13.3. The molecule has 0 bridgehead atoms. The highest BCUT2D eigenvalue weighted by Crippen LogP contribution is 2.30. The standard InChI is InChI=1S/C41H44N4O4S.ClH/c1-29(2)35-10-12-37(13-11-35)47-25-33-7-5-32(6-8-33)24-44-17-19-45(20-18-44)40(46)16-9-34-21-30(3)41(31(4)22-34)49-39-15-14-38(23-42-39)48-26-36-27-50-28-43-36;/h5-16,21-23,27-29H,17-20,24-26H2,1-4H3;1H. The number of hydrogen-bond donors (Lipinski definition) is 0. The molecule has 3 heterocycles. The van der Waals surface area contributed by atoms with Gasteiger partial charge in [-0.1, -0.05) is 50.2 Å². The molecule has 5 aromatic rings. The van der Waals surface area contributed by atoms with Crippen molar-refractivity contribution in [3.8, 4) is 23.1 Å². The monoisotopic (exact) mass is 724 g/mol. The predicted octanol–water partition coefficient (Wildman–Crippen LogP) is 9.01. The molecule has 0 spiro atoms. The van der Waals surface area contributed by atoms with Crippen molar-refractivity contribution in [2.45, 2.75) is 53.4 Å². The van der Waals surface area contributed by atoms with Crippen LogP contribution in [-0.2, 0) is 24.6 Å². The molecule has 1 aliphatic rings. The number of amides is 1. The van der Waals surface area contributed by atoms with Crippen LogP contribution in [0.4, 0.5) is 0 Å². The maximum atomic E-state index is 13.1. The molecule has 10 heteroatoms. The highest BCUT2D eigenvalue weighted by Gasteiger charge is 2.20. The molecule has 1 aliphatic heterocycles. The van der Waals surface area contributed by atoms with E-state index in [0.717, 1.165) is 59.1 Å². The van der Waals surface area contributed by atoms with Crippen LogP contribution in [0.25, 0.3) is 6.08 Å². The van der Waals surface area contributed by atoms with E-state index in [-0.39, 0.29) is 18.3 Å². The number of carbonyl (C=O) groups excluding carboxylic acids is 1. The zero-order chi connectivity index (χ0) is 34.9. The number of benzene rings is 3. The fourth-order valence-corrected chi connectivity index (χ4v) is 6.38. The van der Waals surface area contributed by atoms with E-state index in [2.05, 4.69) is 65.1 Å². The van der Waals surface area contributed by atoms with Gasteiger partial charge in [0, 0.05) is 50.2 Å². The Labute approximate surface area is 311 Å². The van der Waals surface area contributed by atoms with Crippen LogP contribution in [-0.4, -0.2) is 51.9 Å². The van der Waals surface area contributed by atoms with Crippen molar-refractivity contribution in [2.75, 3.05) is 26.2 Å². The van der Waals surface area contributed by atoms with E-state index >= 15 is 0 Å². The van der Waals surface area contributed by atoms with Crippen LogP contribution in [0.2, 0.25) is 0 Å². The van der Waals surface area contributed by atoms with E-state index in [9.17, 15) is 4.79 Å². The summed E-state index contributed by atoms with van der Waals surface area (Å²) in [5, 5.41) is 1.96. The lowest BCUT2D eigenvalue weighted by Gasteiger charge is -2.34. The maximum Gasteiger partial charge on any atom is 0.246 e. The summed E-state index contributed by atoms with van der Waals surface area (Å²) in [6.07, 6.45) is 5.21. The molecule has 0 N–H and O–H groups in total. The predicted molar refractivity (Wildman–Crippen MR) is 206 cm³/mol. The molecule has 0 saturated carbocycles. The number of halogens is 1. The van der Waals surface area contributed by atoms with E-state index in [1.807, 2.05) is 60.5 Å². The van der Waals surface area contributed by atoms with Gasteiger partial charge in [0.1, 0.15) is 30.5 Å². The Kier molecular flexibility index (Phi) is 13.2. The number of nitrogens with zero attached hydrogens (tertiary/aromatic N) is 4. The number of ether oxygens (including phenoxy) is 3. The molecular weight excluding hydrogens is 680 g/mol. The molecule has 1 fully saturated rings. The number of carbonyl (C=O) groups is 1. The van der Waals surface area contributed by atoms with Crippen molar-refractivity contribution in [1.29, 1.82) is 0 Å². The average Bonchev–Trinajstić information content (AvgIpc) is 3.66. The highest BCUT2D eigenvalue weighted by molar-refractivity contribution is 7.07. The van der Waals surface area contributed by atoms with Crippen LogP contribution in [0.3, 0.4) is 0 Å². The first-order chi connectivity index (χ1) is 24.3. The Bertz CT molecular complexity index is 1850. The van der Waals surface area contributed by atoms with E-state index in [1.165, 1.54) is 11.1 Å². The van der Waals surface area contributed by atoms with Gasteiger partial charge in [-0.2, -0.15) is 0 Å². The van der Waals surface area contributed by atoms with Crippen LogP contribution in [0, 0.1) is 13.8 Å². The minimum Gasteiger partial charge on any atom is -0.489 e. The molecule has 3 aromatic carbocycles. The van der Waals surface area contributed by atoms with Crippen LogP contribution >= 0.6 is 23.7 Å². The Morgan fingerprint density at radius 1 is 0.843 bits per heavy atom. The minimum atomic E-state index is 0. The van der Waals surface area contributed by atoms with Gasteiger partial charge in [0.15, 0.2) is 0 Å². The van der Waals surface area contributed by atoms with Gasteiger partial charge in [-0.15, -0.1) is 23.7 Å². The number of rotatable bonds is 13. The smallest absolute Gasteiger partial charge is 0.246 e. The molecular formula is C41H45ClN4O4S. The summed E-state index contributed by atoms with van der Waals surface area (Å²) in [7, 11) is 0. The summed E-state index contributed by atoms with van der Waals surface area (Å²) in [4.78, 5) is 26.0. The van der Waals surface area contributed by atoms with Gasteiger partial charge in [-0.3, -0.25) is 9.69 Å². The lowest BCUT2D eigenvalue weighted by molar-refractivity contribution is -0.127. The molecule has 1 saturated heterocycles. The van der Waals surface area contributed by atoms with Crippen molar-refractivity contribution in [1.82, 2.24) is 19.8 Å². The third-order valence-corrected chi connectivity index (χ3v) is 9.39. The van der Waals surface area contributed by atoms with E-state index in [0.29, 0.717) is 43.9 Å². The summed E-state index contributed by atoms with van der Waals surface area (Å²) in [5.74, 6) is 3.33. The highest BCUT2D eigenvalue weighted by atomic mass is 35.5. The van der Waals surface area contributed by atoms with Crippen molar-refractivity contribution < 1.29 is 19.0 Å². The fraction of sp³-hybridized carbons (Fsp3) is 0.293. The quantitative estimate of drug-likeness (QED) is 0.112. The number of aromatic nitrogens is 2. The van der Waals surface area contributed by atoms with Gasteiger partial charge < -0.3 is 19.1 Å². The van der Waals surface area contributed by atoms with Gasteiger partial charge in [0.25, 0.3) is 0 Å². The Hall–Kier alpha value is -4.70. The second-order valence-electron chi connectivity index (χ2n) is 13.0. The molecule has 0 atom stereocenters. The second kappa shape index (κ2) is 18.0. The summed E-state index contributed by atoms with van der Waals surface area (Å²) in [6, 6.07) is 24.7. The van der Waals surface area contributed by atoms with Gasteiger partial charge in [-0.05, 0) is 89.6 Å². The van der Waals surface area contributed by atoms with Crippen molar-refractivity contribution >= 4 is 35.7 Å². The zero-order valence-electron chi connectivity index (χ0n) is 29.6. The van der Waals surface area contributed by atoms with Crippen LogP contribution < -0.4 is 14.2 Å². The molecule has 51 heavy (non-hydrogen) atoms. The molecule has 0 aliphatic carbocycles. The molecule has 0 unspecified atom stereocenters. The summed E-state index contributed by atoms with van der Waals surface area (Å²) in [6.45, 7) is 13.3. The van der Waals surface area contributed by atoms with Crippen molar-refractivity contribution in [2.24, 2.45) is 0 Å². The minimum absolute atomic E-state index is 0. The van der Waals surface area contributed by atoms with Crippen LogP contribution in [0.15, 0.2) is 96.0 Å². The van der Waals surface area contributed by atoms with Crippen LogP contribution in [0.5, 0.6) is 23.1 Å². The fourth-order valence-electron chi connectivity index (χ4n) is 5.84. The number of piperazine rings is 1. The van der Waals surface area contributed by atoms with Gasteiger partial charge in [0.2, 0.25) is 11.8 Å². The topological polar surface area (TPSA) is 77.0 Å². The third-order valence-electron chi connectivity index (χ3n) is 8.75. The Morgan fingerprint density at radius 2 is 1.51 bits per heavy atom. The van der Waals surface area contributed by atoms with Gasteiger partial charge in [0.05, 0.1) is 17.4 Å². The first-order valence-electron chi connectivity index (χ1n) is 17.0. The van der Waals surface area contributed by atoms with Crippen molar-refractivity contribution in [3.05, 3.63) is 135 Å².